The molecule has 0 saturated carbocycles. The molecule has 0 aliphatic heterocycles. The molecule has 1 N–H and O–H groups in total. The SMILES string of the molecule is CCOC(=O)c1n[nH]nc1-c1ccccc1-c1ccc(C)o1. The van der Waals surface area contributed by atoms with Gasteiger partial charge in [-0.2, -0.15) is 10.3 Å². The summed E-state index contributed by atoms with van der Waals surface area (Å²) in [7, 11) is 0. The number of H-pyrrole nitrogens is 1. The molecule has 2 heterocycles. The molecule has 3 aromatic rings. The predicted molar refractivity (Wildman–Crippen MR) is 80.2 cm³/mol. The lowest BCUT2D eigenvalue weighted by molar-refractivity contribution is 0.0520. The van der Waals surface area contributed by atoms with Crippen molar-refractivity contribution >= 4 is 5.97 Å². The van der Waals surface area contributed by atoms with Gasteiger partial charge in [0.05, 0.1) is 6.61 Å². The third kappa shape index (κ3) is 2.50. The van der Waals surface area contributed by atoms with Crippen LogP contribution < -0.4 is 0 Å². The van der Waals surface area contributed by atoms with Gasteiger partial charge < -0.3 is 9.15 Å². The van der Waals surface area contributed by atoms with E-state index < -0.39 is 5.97 Å². The van der Waals surface area contributed by atoms with Crippen LogP contribution >= 0.6 is 0 Å². The van der Waals surface area contributed by atoms with E-state index in [4.69, 9.17) is 9.15 Å². The van der Waals surface area contributed by atoms with E-state index in [9.17, 15) is 4.79 Å². The Morgan fingerprint density at radius 3 is 2.64 bits per heavy atom. The number of nitrogens with one attached hydrogen (secondary N) is 1. The Balaban J connectivity index is 2.11. The third-order valence-corrected chi connectivity index (χ3v) is 3.20. The van der Waals surface area contributed by atoms with Gasteiger partial charge in [-0.25, -0.2) is 4.79 Å². The van der Waals surface area contributed by atoms with Crippen LogP contribution in [0.5, 0.6) is 0 Å². The summed E-state index contributed by atoms with van der Waals surface area (Å²) in [6.07, 6.45) is 0. The summed E-state index contributed by atoms with van der Waals surface area (Å²) in [4.78, 5) is 12.0. The van der Waals surface area contributed by atoms with Gasteiger partial charge >= 0.3 is 5.97 Å². The monoisotopic (exact) mass is 297 g/mol. The van der Waals surface area contributed by atoms with Crippen LogP contribution in [0.3, 0.4) is 0 Å². The molecule has 3 rings (SSSR count). The van der Waals surface area contributed by atoms with Crippen LogP contribution in [0.1, 0.15) is 23.2 Å². The highest BCUT2D eigenvalue weighted by atomic mass is 16.5. The molecule has 6 nitrogen and oxygen atoms in total. The molecule has 0 radical (unpaired) electrons. The van der Waals surface area contributed by atoms with Crippen LogP contribution in [0.15, 0.2) is 40.8 Å². The smallest absolute Gasteiger partial charge is 0.361 e. The second-order valence-electron chi connectivity index (χ2n) is 4.70. The molecule has 112 valence electrons. The van der Waals surface area contributed by atoms with Crippen molar-refractivity contribution < 1.29 is 13.9 Å². The Labute approximate surface area is 127 Å². The summed E-state index contributed by atoms with van der Waals surface area (Å²) < 4.78 is 10.7. The minimum atomic E-state index is -0.503. The number of benzene rings is 1. The molecule has 0 amide bonds. The predicted octanol–water partition coefficient (Wildman–Crippen LogP) is 3.22. The van der Waals surface area contributed by atoms with Gasteiger partial charge in [0.2, 0.25) is 0 Å². The molecule has 0 bridgehead atoms. The molecule has 0 aliphatic carbocycles. The van der Waals surface area contributed by atoms with Gasteiger partial charge in [-0.15, -0.1) is 5.10 Å². The third-order valence-electron chi connectivity index (χ3n) is 3.20. The van der Waals surface area contributed by atoms with E-state index >= 15 is 0 Å². The lowest BCUT2D eigenvalue weighted by Crippen LogP contribution is -2.07. The summed E-state index contributed by atoms with van der Waals surface area (Å²) in [6.45, 7) is 3.91. The molecule has 0 saturated heterocycles. The molecular formula is C16H15N3O3. The van der Waals surface area contributed by atoms with Gasteiger partial charge in [-0.3, -0.25) is 0 Å². The van der Waals surface area contributed by atoms with E-state index in [1.54, 1.807) is 6.92 Å². The molecule has 0 unspecified atom stereocenters. The lowest BCUT2D eigenvalue weighted by atomic mass is 10.0. The normalized spacial score (nSPS) is 10.6. The van der Waals surface area contributed by atoms with Crippen molar-refractivity contribution in [1.82, 2.24) is 15.4 Å². The van der Waals surface area contributed by atoms with Crippen molar-refractivity contribution in [1.29, 1.82) is 0 Å². The number of esters is 1. The van der Waals surface area contributed by atoms with Gasteiger partial charge in [-0.05, 0) is 26.0 Å². The summed E-state index contributed by atoms with van der Waals surface area (Å²) in [5, 5.41) is 10.5. The van der Waals surface area contributed by atoms with E-state index in [0.717, 1.165) is 16.9 Å². The van der Waals surface area contributed by atoms with Crippen LogP contribution in [0.2, 0.25) is 0 Å². The van der Waals surface area contributed by atoms with Crippen molar-refractivity contribution in [3.63, 3.8) is 0 Å². The van der Waals surface area contributed by atoms with Crippen LogP contribution in [-0.4, -0.2) is 28.0 Å². The average Bonchev–Trinajstić information content (AvgIpc) is 3.16. The summed E-state index contributed by atoms with van der Waals surface area (Å²) in [5.74, 6) is 1.03. The average molecular weight is 297 g/mol. The Morgan fingerprint density at radius 2 is 1.95 bits per heavy atom. The van der Waals surface area contributed by atoms with Gasteiger partial charge in [0.15, 0.2) is 5.69 Å². The first-order chi connectivity index (χ1) is 10.7. The number of nitrogens with zero attached hydrogens (tertiary/aromatic N) is 2. The summed E-state index contributed by atoms with van der Waals surface area (Å²) >= 11 is 0. The molecular weight excluding hydrogens is 282 g/mol. The number of furan rings is 1. The van der Waals surface area contributed by atoms with E-state index in [1.165, 1.54) is 0 Å². The van der Waals surface area contributed by atoms with Crippen LogP contribution in [0.4, 0.5) is 0 Å². The highest BCUT2D eigenvalue weighted by Crippen LogP contribution is 2.33. The number of carbonyl (C=O) groups excluding carboxylic acids is 1. The number of ether oxygens (including phenoxy) is 1. The maximum absolute atomic E-state index is 12.0. The molecule has 2 aromatic heterocycles. The highest BCUT2D eigenvalue weighted by molar-refractivity contribution is 5.96. The van der Waals surface area contributed by atoms with Gasteiger partial charge in [0.25, 0.3) is 0 Å². The fourth-order valence-electron chi connectivity index (χ4n) is 2.24. The first-order valence-electron chi connectivity index (χ1n) is 6.94. The van der Waals surface area contributed by atoms with Crippen molar-refractivity contribution in [2.75, 3.05) is 6.61 Å². The number of hydrogen-bond donors (Lipinski definition) is 1. The zero-order valence-corrected chi connectivity index (χ0v) is 12.3. The maximum atomic E-state index is 12.0. The fourth-order valence-corrected chi connectivity index (χ4v) is 2.24. The Morgan fingerprint density at radius 1 is 1.18 bits per heavy atom. The number of aromatic nitrogens is 3. The molecule has 1 aromatic carbocycles. The second kappa shape index (κ2) is 5.85. The first kappa shape index (κ1) is 14.1. The minimum Gasteiger partial charge on any atom is -0.461 e. The fraction of sp³-hybridized carbons (Fsp3) is 0.188. The van der Waals surface area contributed by atoms with Gasteiger partial charge in [-0.1, -0.05) is 24.3 Å². The van der Waals surface area contributed by atoms with Crippen molar-refractivity contribution in [2.24, 2.45) is 0 Å². The van der Waals surface area contributed by atoms with E-state index in [0.29, 0.717) is 11.5 Å². The Bertz CT molecular complexity index is 804. The molecule has 0 atom stereocenters. The van der Waals surface area contributed by atoms with E-state index in [2.05, 4.69) is 15.4 Å². The second-order valence-corrected chi connectivity index (χ2v) is 4.70. The molecule has 0 fully saturated rings. The topological polar surface area (TPSA) is 81.0 Å². The van der Waals surface area contributed by atoms with Gasteiger partial charge in [0.1, 0.15) is 17.2 Å². The largest absolute Gasteiger partial charge is 0.461 e. The summed E-state index contributed by atoms with van der Waals surface area (Å²) in [5.41, 5.74) is 2.21. The quantitative estimate of drug-likeness (QED) is 0.748. The number of aromatic amines is 1. The Hall–Kier alpha value is -2.89. The van der Waals surface area contributed by atoms with Crippen molar-refractivity contribution in [3.05, 3.63) is 47.9 Å². The van der Waals surface area contributed by atoms with Gasteiger partial charge in [0, 0.05) is 11.1 Å². The zero-order valence-electron chi connectivity index (χ0n) is 12.3. The molecule has 6 heteroatoms. The minimum absolute atomic E-state index is 0.164. The van der Waals surface area contributed by atoms with Crippen LogP contribution in [0, 0.1) is 6.92 Å². The zero-order chi connectivity index (χ0) is 15.5. The lowest BCUT2D eigenvalue weighted by Gasteiger charge is -2.06. The number of hydrogen-bond acceptors (Lipinski definition) is 5. The van der Waals surface area contributed by atoms with Crippen molar-refractivity contribution in [3.8, 4) is 22.6 Å². The molecule has 0 spiro atoms. The molecule has 0 aliphatic rings. The summed E-state index contributed by atoms with van der Waals surface area (Å²) in [6, 6.07) is 11.3. The van der Waals surface area contributed by atoms with Crippen LogP contribution in [0.25, 0.3) is 22.6 Å². The Kier molecular flexibility index (Phi) is 3.74. The highest BCUT2D eigenvalue weighted by Gasteiger charge is 2.22. The number of carbonyl (C=O) groups is 1. The van der Waals surface area contributed by atoms with Crippen molar-refractivity contribution in [2.45, 2.75) is 13.8 Å². The van der Waals surface area contributed by atoms with E-state index in [-0.39, 0.29) is 12.3 Å². The van der Waals surface area contributed by atoms with E-state index in [1.807, 2.05) is 43.3 Å². The maximum Gasteiger partial charge on any atom is 0.361 e. The van der Waals surface area contributed by atoms with Crippen LogP contribution in [-0.2, 0) is 4.74 Å². The number of rotatable bonds is 4. The number of aryl methyl sites for hydroxylation is 1. The standard InChI is InChI=1S/C16H15N3O3/c1-3-21-16(20)15-14(17-19-18-15)12-7-5-4-6-11(12)13-9-8-10(2)22-13/h4-9H,3H2,1-2H3,(H,17,18,19). The molecule has 22 heavy (non-hydrogen) atoms. The first-order valence-corrected chi connectivity index (χ1v) is 6.94.